The van der Waals surface area contributed by atoms with Gasteiger partial charge in [0.25, 0.3) is 0 Å². The number of aliphatic hydroxyl groups is 1. The second-order valence-corrected chi connectivity index (χ2v) is 14.9. The van der Waals surface area contributed by atoms with Crippen molar-refractivity contribution in [2.24, 2.45) is 0 Å². The van der Waals surface area contributed by atoms with E-state index in [0.29, 0.717) is 13.2 Å². The largest absolute Gasteiger partial charge is 0.385 e. The molecule has 0 aliphatic carbocycles. The smallest absolute Gasteiger partial charge is 0.187 e. The fraction of sp³-hybridized carbons (Fsp3) is 0.375. The lowest BCUT2D eigenvalue weighted by atomic mass is 9.95. The number of fused-ring (bicyclic) bond motifs is 1. The van der Waals surface area contributed by atoms with Crippen molar-refractivity contribution in [3.63, 3.8) is 0 Å². The number of hydrogen-bond acceptors (Lipinski definition) is 11. The van der Waals surface area contributed by atoms with E-state index in [1.54, 1.807) is 0 Å². The number of ether oxygens (including phenoxy) is 10. The minimum Gasteiger partial charge on any atom is -0.385 e. The summed E-state index contributed by atoms with van der Waals surface area (Å²) in [5, 5.41) is 11.9. The average Bonchev–Trinajstić information content (AvgIpc) is 3.29. The van der Waals surface area contributed by atoms with Crippen LogP contribution in [0.1, 0.15) is 34.1 Å². The summed E-state index contributed by atoms with van der Waals surface area (Å²) in [6.07, 6.45) is -9.43. The standard InChI is InChI=1S/C48H52O11/c1-50-47-40(49)43(42-39(56-47)32-55-46(58-42)37-25-15-6-16-26-37)59-48-45(54-30-36-23-13-5-14-24-36)44(53-29-35-21-11-4-12-22-35)41(52-28-34-19-9-3-10-20-34)38(57-48)31-51-27-33-17-7-2-8-18-33/h2-26,38-49H,27-32H2,1H3/t38-,39-,40-,41-,42-,43-,44+,45+,46?,47+,48-/m1/s1. The lowest BCUT2D eigenvalue weighted by Gasteiger charge is -2.51. The monoisotopic (exact) mass is 804 g/mol. The molecule has 0 amide bonds. The molecule has 11 nitrogen and oxygen atoms in total. The molecule has 0 aromatic heterocycles. The molecule has 1 N–H and O–H groups in total. The average molecular weight is 805 g/mol. The quantitative estimate of drug-likeness (QED) is 0.106. The van der Waals surface area contributed by atoms with Crippen LogP contribution in [0, 0.1) is 0 Å². The molecule has 0 radical (unpaired) electrons. The maximum Gasteiger partial charge on any atom is 0.187 e. The van der Waals surface area contributed by atoms with Crippen LogP contribution in [0.4, 0.5) is 0 Å². The molecule has 3 aliphatic rings. The third-order valence-electron chi connectivity index (χ3n) is 10.7. The minimum absolute atomic E-state index is 0.147. The van der Waals surface area contributed by atoms with Crippen molar-refractivity contribution >= 4 is 0 Å². The van der Waals surface area contributed by atoms with E-state index in [4.69, 9.17) is 47.4 Å². The summed E-state index contributed by atoms with van der Waals surface area (Å²) in [4.78, 5) is 0. The van der Waals surface area contributed by atoms with Gasteiger partial charge in [0.1, 0.15) is 48.8 Å². The Labute approximate surface area is 345 Å². The zero-order valence-electron chi connectivity index (χ0n) is 33.1. The minimum atomic E-state index is -1.27. The fourth-order valence-electron chi connectivity index (χ4n) is 7.70. The van der Waals surface area contributed by atoms with Crippen molar-refractivity contribution in [1.29, 1.82) is 0 Å². The number of methoxy groups -OCH3 is 1. The molecule has 3 aliphatic heterocycles. The fourth-order valence-corrected chi connectivity index (χ4v) is 7.70. The molecule has 5 aromatic rings. The van der Waals surface area contributed by atoms with E-state index in [9.17, 15) is 5.11 Å². The number of benzene rings is 5. The molecule has 310 valence electrons. The Balaban J connectivity index is 1.14. The van der Waals surface area contributed by atoms with Gasteiger partial charge < -0.3 is 52.5 Å². The van der Waals surface area contributed by atoms with Crippen LogP contribution in [0.25, 0.3) is 0 Å². The van der Waals surface area contributed by atoms with Gasteiger partial charge in [-0.3, -0.25) is 0 Å². The van der Waals surface area contributed by atoms with Gasteiger partial charge >= 0.3 is 0 Å². The predicted molar refractivity (Wildman–Crippen MR) is 216 cm³/mol. The van der Waals surface area contributed by atoms with Crippen LogP contribution in [-0.4, -0.2) is 86.8 Å². The molecule has 0 spiro atoms. The first-order valence-electron chi connectivity index (χ1n) is 20.2. The summed E-state index contributed by atoms with van der Waals surface area (Å²) < 4.78 is 65.4. The van der Waals surface area contributed by atoms with Crippen LogP contribution in [0.2, 0.25) is 0 Å². The number of hydrogen-bond donors (Lipinski definition) is 1. The van der Waals surface area contributed by atoms with Gasteiger partial charge in [-0.2, -0.15) is 0 Å². The lowest BCUT2D eigenvalue weighted by molar-refractivity contribution is -0.396. The van der Waals surface area contributed by atoms with Crippen LogP contribution in [-0.2, 0) is 73.8 Å². The summed E-state index contributed by atoms with van der Waals surface area (Å²) in [5.41, 5.74) is 4.77. The number of rotatable bonds is 17. The van der Waals surface area contributed by atoms with Gasteiger partial charge in [-0.25, -0.2) is 0 Å². The molecule has 8 rings (SSSR count). The second kappa shape index (κ2) is 20.8. The van der Waals surface area contributed by atoms with Gasteiger partial charge in [0, 0.05) is 12.7 Å². The van der Waals surface area contributed by atoms with Gasteiger partial charge in [-0.1, -0.05) is 152 Å². The Kier molecular flexibility index (Phi) is 14.6. The Bertz CT molecular complexity index is 1940. The SMILES string of the molecule is CO[C@H]1O[C@@H]2COC(c3ccccc3)O[C@H]2[C@H](O[C@H]2O[C@H](COCc3ccccc3)[C@@H](OCc3ccccc3)[C@H](OCc3ccccc3)[C@@H]2OCc2ccccc2)[C@H]1O. The summed E-state index contributed by atoms with van der Waals surface area (Å²) in [6, 6.07) is 49.4. The van der Waals surface area contributed by atoms with E-state index < -0.39 is 67.7 Å². The zero-order valence-corrected chi connectivity index (χ0v) is 33.1. The molecule has 0 saturated carbocycles. The topological polar surface area (TPSA) is 113 Å². The maximum atomic E-state index is 11.9. The lowest BCUT2D eigenvalue weighted by Crippen LogP contribution is -2.67. The van der Waals surface area contributed by atoms with E-state index in [2.05, 4.69) is 0 Å². The van der Waals surface area contributed by atoms with E-state index in [1.807, 2.05) is 152 Å². The summed E-state index contributed by atoms with van der Waals surface area (Å²) in [6.45, 7) is 1.47. The van der Waals surface area contributed by atoms with Crippen molar-refractivity contribution in [3.05, 3.63) is 179 Å². The Morgan fingerprint density at radius 3 is 1.56 bits per heavy atom. The van der Waals surface area contributed by atoms with Crippen LogP contribution in [0.5, 0.6) is 0 Å². The molecule has 3 saturated heterocycles. The maximum absolute atomic E-state index is 11.9. The summed E-state index contributed by atoms with van der Waals surface area (Å²) in [7, 11) is 1.48. The van der Waals surface area contributed by atoms with Gasteiger partial charge in [-0.05, 0) is 22.3 Å². The van der Waals surface area contributed by atoms with Crippen molar-refractivity contribution in [3.8, 4) is 0 Å². The third-order valence-corrected chi connectivity index (χ3v) is 10.7. The highest BCUT2D eigenvalue weighted by molar-refractivity contribution is 5.18. The van der Waals surface area contributed by atoms with Gasteiger partial charge in [0.05, 0.1) is 39.6 Å². The summed E-state index contributed by atoms with van der Waals surface area (Å²) >= 11 is 0. The van der Waals surface area contributed by atoms with E-state index in [-0.39, 0.29) is 26.4 Å². The van der Waals surface area contributed by atoms with Crippen LogP contribution < -0.4 is 0 Å². The van der Waals surface area contributed by atoms with Crippen LogP contribution >= 0.6 is 0 Å². The zero-order chi connectivity index (χ0) is 40.2. The predicted octanol–water partition coefficient (Wildman–Crippen LogP) is 6.92. The Morgan fingerprint density at radius 2 is 1.02 bits per heavy atom. The van der Waals surface area contributed by atoms with Crippen LogP contribution in [0.15, 0.2) is 152 Å². The van der Waals surface area contributed by atoms with E-state index >= 15 is 0 Å². The summed E-state index contributed by atoms with van der Waals surface area (Å²) in [5.74, 6) is 0. The van der Waals surface area contributed by atoms with Gasteiger partial charge in [0.15, 0.2) is 18.9 Å². The third kappa shape index (κ3) is 10.7. The molecule has 0 bridgehead atoms. The van der Waals surface area contributed by atoms with Crippen molar-refractivity contribution in [1.82, 2.24) is 0 Å². The van der Waals surface area contributed by atoms with E-state index in [1.165, 1.54) is 7.11 Å². The van der Waals surface area contributed by atoms with Crippen LogP contribution in [0.3, 0.4) is 0 Å². The van der Waals surface area contributed by atoms with Gasteiger partial charge in [0.2, 0.25) is 0 Å². The molecular weight excluding hydrogens is 753 g/mol. The van der Waals surface area contributed by atoms with Gasteiger partial charge in [-0.15, -0.1) is 0 Å². The molecule has 3 fully saturated rings. The van der Waals surface area contributed by atoms with E-state index in [0.717, 1.165) is 27.8 Å². The van der Waals surface area contributed by atoms with Crippen molar-refractivity contribution in [2.45, 2.75) is 94.1 Å². The first kappa shape index (κ1) is 41.4. The normalized spacial score (nSPS) is 29.4. The highest BCUT2D eigenvalue weighted by Gasteiger charge is 2.55. The molecule has 3 heterocycles. The Morgan fingerprint density at radius 1 is 0.525 bits per heavy atom. The molecule has 11 heteroatoms. The molecular formula is C48H52O11. The highest BCUT2D eigenvalue weighted by atomic mass is 16.8. The highest BCUT2D eigenvalue weighted by Crippen LogP contribution is 2.39. The molecule has 11 atom stereocenters. The Hall–Kier alpha value is -4.34. The van der Waals surface area contributed by atoms with Crippen molar-refractivity contribution < 1.29 is 52.5 Å². The number of aliphatic hydroxyl groups excluding tert-OH is 1. The molecule has 59 heavy (non-hydrogen) atoms. The second-order valence-electron chi connectivity index (χ2n) is 14.9. The molecule has 5 aromatic carbocycles. The first-order chi connectivity index (χ1) is 29.1. The van der Waals surface area contributed by atoms with Crippen molar-refractivity contribution in [2.75, 3.05) is 20.3 Å². The first-order valence-corrected chi connectivity index (χ1v) is 20.2. The molecule has 1 unspecified atom stereocenters.